The quantitative estimate of drug-likeness (QED) is 0.180. The zero-order valence-corrected chi connectivity index (χ0v) is 29.0. The molecule has 0 bridgehead atoms. The second-order valence-corrected chi connectivity index (χ2v) is 13.7. The first kappa shape index (κ1) is 30.3. The Morgan fingerprint density at radius 1 is 0.315 bits per heavy atom. The lowest BCUT2D eigenvalue weighted by Crippen LogP contribution is -1.97. The van der Waals surface area contributed by atoms with E-state index >= 15 is 0 Å². The van der Waals surface area contributed by atoms with Crippen molar-refractivity contribution in [2.75, 3.05) is 0 Å². The second kappa shape index (κ2) is 12.1. The molecule has 0 fully saturated rings. The van der Waals surface area contributed by atoms with Crippen molar-refractivity contribution in [2.24, 2.45) is 0 Å². The van der Waals surface area contributed by atoms with Crippen LogP contribution in [0.3, 0.4) is 0 Å². The van der Waals surface area contributed by atoms with Crippen molar-refractivity contribution >= 4 is 54.6 Å². The van der Waals surface area contributed by atoms with Gasteiger partial charge in [-0.1, -0.05) is 133 Å². The van der Waals surface area contributed by atoms with Crippen molar-refractivity contribution in [1.82, 2.24) is 9.97 Å². The fourth-order valence-electron chi connectivity index (χ4n) is 8.02. The first-order valence-electron chi connectivity index (χ1n) is 18.1. The molecule has 3 heterocycles. The van der Waals surface area contributed by atoms with Crippen LogP contribution in [0.2, 0.25) is 0 Å². The number of para-hydroxylation sites is 2. The summed E-state index contributed by atoms with van der Waals surface area (Å²) in [5, 5.41) is 6.67. The van der Waals surface area contributed by atoms with Crippen LogP contribution in [0.1, 0.15) is 0 Å². The van der Waals surface area contributed by atoms with Gasteiger partial charge in [0.05, 0.1) is 11.4 Å². The van der Waals surface area contributed by atoms with Gasteiger partial charge in [0.15, 0.2) is 5.82 Å². The van der Waals surface area contributed by atoms with Crippen LogP contribution in [-0.4, -0.2) is 9.97 Å². The van der Waals surface area contributed by atoms with Crippen LogP contribution >= 0.6 is 0 Å². The summed E-state index contributed by atoms with van der Waals surface area (Å²) >= 11 is 0. The van der Waals surface area contributed by atoms with Gasteiger partial charge in [-0.25, -0.2) is 9.97 Å². The highest BCUT2D eigenvalue weighted by Crippen LogP contribution is 2.43. The number of fused-ring (bicyclic) bond motifs is 7. The van der Waals surface area contributed by atoms with Gasteiger partial charge in [-0.05, 0) is 81.6 Å². The third-order valence-corrected chi connectivity index (χ3v) is 10.5. The minimum atomic E-state index is 0.675. The largest absolute Gasteiger partial charge is 0.456 e. The molecular formula is C50H30N2O2. The van der Waals surface area contributed by atoms with Gasteiger partial charge in [0, 0.05) is 38.2 Å². The SMILES string of the molecule is c1ccc(-c2nc(-c3cc(-c4cccc5oc6ccccc6c45)cc(-c4cccc5oc6ccccc6c45)c3)cc(-c3cccc4ccccc34)n2)cc1. The van der Waals surface area contributed by atoms with E-state index in [9.17, 15) is 0 Å². The Hall–Kier alpha value is -7.30. The number of hydrogen-bond donors (Lipinski definition) is 0. The Bertz CT molecular complexity index is 3090. The van der Waals surface area contributed by atoms with Crippen molar-refractivity contribution in [3.05, 3.63) is 182 Å². The number of rotatable bonds is 5. The molecule has 11 aromatic rings. The lowest BCUT2D eigenvalue weighted by Gasteiger charge is -2.15. The zero-order chi connectivity index (χ0) is 35.6. The van der Waals surface area contributed by atoms with Gasteiger partial charge < -0.3 is 8.83 Å². The summed E-state index contributed by atoms with van der Waals surface area (Å²) in [6.45, 7) is 0. The van der Waals surface area contributed by atoms with Crippen LogP contribution in [0, 0.1) is 0 Å². The maximum absolute atomic E-state index is 6.37. The molecule has 4 nitrogen and oxygen atoms in total. The number of hydrogen-bond acceptors (Lipinski definition) is 4. The Kier molecular flexibility index (Phi) is 6.82. The molecule has 11 rings (SSSR count). The van der Waals surface area contributed by atoms with Gasteiger partial charge in [0.1, 0.15) is 22.3 Å². The van der Waals surface area contributed by atoms with Crippen LogP contribution in [0.25, 0.3) is 111 Å². The highest BCUT2D eigenvalue weighted by atomic mass is 16.3. The molecule has 0 aliphatic rings. The summed E-state index contributed by atoms with van der Waals surface area (Å²) in [6, 6.07) is 63.2. The van der Waals surface area contributed by atoms with E-state index in [1.165, 1.54) is 5.39 Å². The van der Waals surface area contributed by atoms with Gasteiger partial charge in [0.25, 0.3) is 0 Å². The van der Waals surface area contributed by atoms with E-state index < -0.39 is 0 Å². The third-order valence-electron chi connectivity index (χ3n) is 10.5. The Balaban J connectivity index is 1.22. The second-order valence-electron chi connectivity index (χ2n) is 13.7. The van der Waals surface area contributed by atoms with Gasteiger partial charge in [-0.2, -0.15) is 0 Å². The van der Waals surface area contributed by atoms with Crippen molar-refractivity contribution < 1.29 is 8.83 Å². The molecule has 0 spiro atoms. The molecule has 0 aliphatic carbocycles. The van der Waals surface area contributed by atoms with E-state index in [2.05, 4.69) is 140 Å². The first-order chi connectivity index (χ1) is 26.7. The number of furan rings is 2. The first-order valence-corrected chi connectivity index (χ1v) is 18.1. The lowest BCUT2D eigenvalue weighted by molar-refractivity contribution is 0.668. The van der Waals surface area contributed by atoms with E-state index in [1.807, 2.05) is 42.5 Å². The smallest absolute Gasteiger partial charge is 0.160 e. The predicted octanol–water partition coefficient (Wildman–Crippen LogP) is 13.8. The van der Waals surface area contributed by atoms with Crippen LogP contribution in [0.5, 0.6) is 0 Å². The van der Waals surface area contributed by atoms with Gasteiger partial charge >= 0.3 is 0 Å². The molecule has 0 N–H and O–H groups in total. The minimum absolute atomic E-state index is 0.675. The average Bonchev–Trinajstić information content (AvgIpc) is 3.82. The summed E-state index contributed by atoms with van der Waals surface area (Å²) in [5.41, 5.74) is 12.5. The zero-order valence-electron chi connectivity index (χ0n) is 29.0. The normalized spacial score (nSPS) is 11.7. The van der Waals surface area contributed by atoms with Crippen molar-refractivity contribution in [3.8, 4) is 56.2 Å². The fraction of sp³-hybridized carbons (Fsp3) is 0. The highest BCUT2D eigenvalue weighted by molar-refractivity contribution is 6.15. The number of aromatic nitrogens is 2. The summed E-state index contributed by atoms with van der Waals surface area (Å²) in [5.74, 6) is 0.675. The van der Waals surface area contributed by atoms with Crippen molar-refractivity contribution in [3.63, 3.8) is 0 Å². The number of benzene rings is 8. The Morgan fingerprint density at radius 2 is 0.796 bits per heavy atom. The molecule has 0 atom stereocenters. The molecule has 252 valence electrons. The van der Waals surface area contributed by atoms with E-state index in [4.69, 9.17) is 18.8 Å². The molecular weight excluding hydrogens is 661 g/mol. The highest BCUT2D eigenvalue weighted by Gasteiger charge is 2.19. The standard InChI is InChI=1S/C50H30N2O2/c1-2-14-32(15-3-1)50-51-42(30-43(52-50)39-22-10-16-31-13-4-5-17-36(31)39)35-28-33(37-20-11-25-46-48(37)40-18-6-8-23-44(40)53-46)27-34(29-35)38-21-12-26-47-49(38)41-19-7-9-24-45(41)54-47/h1-30H. The molecule has 54 heavy (non-hydrogen) atoms. The maximum atomic E-state index is 6.37. The summed E-state index contributed by atoms with van der Waals surface area (Å²) in [6.07, 6.45) is 0. The van der Waals surface area contributed by atoms with E-state index in [0.29, 0.717) is 5.82 Å². The summed E-state index contributed by atoms with van der Waals surface area (Å²) in [4.78, 5) is 10.5. The Morgan fingerprint density at radius 3 is 1.46 bits per heavy atom. The minimum Gasteiger partial charge on any atom is -0.456 e. The molecule has 0 radical (unpaired) electrons. The topological polar surface area (TPSA) is 52.1 Å². The molecule has 0 saturated carbocycles. The molecule has 0 unspecified atom stereocenters. The molecule has 3 aromatic heterocycles. The molecule has 4 heteroatoms. The molecule has 0 aliphatic heterocycles. The van der Waals surface area contributed by atoms with Crippen LogP contribution < -0.4 is 0 Å². The van der Waals surface area contributed by atoms with E-state index in [1.54, 1.807) is 0 Å². The molecule has 0 saturated heterocycles. The van der Waals surface area contributed by atoms with Crippen molar-refractivity contribution in [2.45, 2.75) is 0 Å². The van der Waals surface area contributed by atoms with Crippen LogP contribution in [0.15, 0.2) is 191 Å². The predicted molar refractivity (Wildman–Crippen MR) is 221 cm³/mol. The van der Waals surface area contributed by atoms with Gasteiger partial charge in [0.2, 0.25) is 0 Å². The Labute approximate surface area is 310 Å². The fourth-order valence-corrected chi connectivity index (χ4v) is 8.02. The summed E-state index contributed by atoms with van der Waals surface area (Å²) in [7, 11) is 0. The monoisotopic (exact) mass is 690 g/mol. The van der Waals surface area contributed by atoms with E-state index in [0.717, 1.165) is 99.6 Å². The van der Waals surface area contributed by atoms with Gasteiger partial charge in [-0.3, -0.25) is 0 Å². The number of nitrogens with zero attached hydrogens (tertiary/aromatic N) is 2. The van der Waals surface area contributed by atoms with Gasteiger partial charge in [-0.15, -0.1) is 0 Å². The van der Waals surface area contributed by atoms with E-state index in [-0.39, 0.29) is 0 Å². The lowest BCUT2D eigenvalue weighted by atomic mass is 9.91. The van der Waals surface area contributed by atoms with Crippen LogP contribution in [-0.2, 0) is 0 Å². The molecule has 0 amide bonds. The average molecular weight is 691 g/mol. The third kappa shape index (κ3) is 4.92. The van der Waals surface area contributed by atoms with Crippen LogP contribution in [0.4, 0.5) is 0 Å². The summed E-state index contributed by atoms with van der Waals surface area (Å²) < 4.78 is 12.7. The van der Waals surface area contributed by atoms with Crippen molar-refractivity contribution in [1.29, 1.82) is 0 Å². The molecule has 8 aromatic carbocycles. The maximum Gasteiger partial charge on any atom is 0.160 e.